The molecule has 0 spiro atoms. The lowest BCUT2D eigenvalue weighted by molar-refractivity contribution is 0.292. The molecule has 0 saturated heterocycles. The quantitative estimate of drug-likeness (QED) is 0.462. The van der Waals surface area contributed by atoms with E-state index in [1.54, 1.807) is 29.6 Å². The van der Waals surface area contributed by atoms with E-state index in [4.69, 9.17) is 4.74 Å². The summed E-state index contributed by atoms with van der Waals surface area (Å²) in [5.41, 5.74) is 5.74. The van der Waals surface area contributed by atoms with Gasteiger partial charge < -0.3 is 4.74 Å². The normalized spacial score (nSPS) is 11.1. The molecule has 4 heterocycles. The summed E-state index contributed by atoms with van der Waals surface area (Å²) in [7, 11) is 1.88. The topological polar surface area (TPSA) is 70.7 Å². The van der Waals surface area contributed by atoms with Crippen LogP contribution in [0.2, 0.25) is 0 Å². The maximum atomic E-state index is 6.02. The van der Waals surface area contributed by atoms with Gasteiger partial charge in [-0.3, -0.25) is 14.2 Å². The maximum absolute atomic E-state index is 6.02. The van der Waals surface area contributed by atoms with Crippen molar-refractivity contribution in [1.29, 1.82) is 0 Å². The van der Waals surface area contributed by atoms with Gasteiger partial charge >= 0.3 is 0 Å². The van der Waals surface area contributed by atoms with Gasteiger partial charge in [0, 0.05) is 37.5 Å². The fourth-order valence-corrected chi connectivity index (χ4v) is 3.25. The van der Waals surface area contributed by atoms with Crippen LogP contribution >= 0.6 is 0 Å². The number of benzene rings is 1. The molecule has 7 heteroatoms. The van der Waals surface area contributed by atoms with Gasteiger partial charge in [0.25, 0.3) is 0 Å². The summed E-state index contributed by atoms with van der Waals surface area (Å²) in [6.45, 7) is 0.429. The van der Waals surface area contributed by atoms with Crippen molar-refractivity contribution in [2.75, 3.05) is 0 Å². The van der Waals surface area contributed by atoms with Crippen molar-refractivity contribution in [3.8, 4) is 22.7 Å². The van der Waals surface area contributed by atoms with Crippen LogP contribution in [0.1, 0.15) is 5.56 Å². The van der Waals surface area contributed by atoms with E-state index in [9.17, 15) is 0 Å². The first-order chi connectivity index (χ1) is 14.3. The fourth-order valence-electron chi connectivity index (χ4n) is 3.25. The molecule has 5 rings (SSSR count). The van der Waals surface area contributed by atoms with Crippen LogP contribution in [-0.4, -0.2) is 29.3 Å². The summed E-state index contributed by atoms with van der Waals surface area (Å²) in [5, 5.41) is 4.45. The van der Waals surface area contributed by atoms with Crippen LogP contribution in [0.4, 0.5) is 0 Å². The number of aromatic nitrogens is 6. The van der Waals surface area contributed by atoms with E-state index < -0.39 is 0 Å². The number of imidazole rings is 1. The number of ether oxygens (including phenoxy) is 1. The molecular weight excluding hydrogens is 364 g/mol. The Morgan fingerprint density at radius 1 is 0.931 bits per heavy atom. The van der Waals surface area contributed by atoms with Crippen molar-refractivity contribution >= 4 is 11.2 Å². The van der Waals surface area contributed by atoms with E-state index >= 15 is 0 Å². The second-order valence-corrected chi connectivity index (χ2v) is 6.67. The Labute approximate surface area is 167 Å². The van der Waals surface area contributed by atoms with Gasteiger partial charge in [0.1, 0.15) is 18.5 Å². The van der Waals surface area contributed by atoms with Crippen molar-refractivity contribution in [3.63, 3.8) is 0 Å². The lowest BCUT2D eigenvalue weighted by Crippen LogP contribution is -1.99. The van der Waals surface area contributed by atoms with Gasteiger partial charge in [-0.2, -0.15) is 0 Å². The van der Waals surface area contributed by atoms with E-state index in [1.165, 1.54) is 0 Å². The van der Waals surface area contributed by atoms with E-state index in [-0.39, 0.29) is 0 Å². The zero-order chi connectivity index (χ0) is 19.6. The van der Waals surface area contributed by atoms with Crippen LogP contribution < -0.4 is 4.74 Å². The van der Waals surface area contributed by atoms with Crippen LogP contribution in [0.3, 0.4) is 0 Å². The molecule has 7 nitrogen and oxygen atoms in total. The maximum Gasteiger partial charge on any atom is 0.241 e. The molecule has 0 N–H and O–H groups in total. The number of fused-ring (bicyclic) bond motifs is 1. The Morgan fingerprint density at radius 3 is 2.59 bits per heavy atom. The van der Waals surface area contributed by atoms with Crippen molar-refractivity contribution in [3.05, 3.63) is 85.2 Å². The Morgan fingerprint density at radius 2 is 1.76 bits per heavy atom. The van der Waals surface area contributed by atoms with Crippen LogP contribution in [0, 0.1) is 0 Å². The molecule has 0 aliphatic heterocycles. The molecule has 29 heavy (non-hydrogen) atoms. The highest BCUT2D eigenvalue weighted by Crippen LogP contribution is 2.28. The molecule has 0 aliphatic carbocycles. The summed E-state index contributed by atoms with van der Waals surface area (Å²) in [6.07, 6.45) is 9.04. The highest BCUT2D eigenvalue weighted by Gasteiger charge is 2.12. The molecule has 1 aromatic carbocycles. The van der Waals surface area contributed by atoms with Gasteiger partial charge in [0.2, 0.25) is 5.88 Å². The van der Waals surface area contributed by atoms with Crippen molar-refractivity contribution < 1.29 is 4.74 Å². The SMILES string of the molecule is Cn1cc(-c2ccncc2)c(OCc2ccc(-n3cnc4cccnc43)cc2)n1. The second kappa shape index (κ2) is 7.20. The molecule has 142 valence electrons. The molecular formula is C22H18N6O. The van der Waals surface area contributed by atoms with Crippen LogP contribution in [0.25, 0.3) is 28.0 Å². The van der Waals surface area contributed by atoms with Crippen molar-refractivity contribution in [1.82, 2.24) is 29.3 Å². The van der Waals surface area contributed by atoms with E-state index in [0.29, 0.717) is 12.5 Å². The van der Waals surface area contributed by atoms with E-state index in [2.05, 4.69) is 20.1 Å². The van der Waals surface area contributed by atoms with Crippen molar-refractivity contribution in [2.45, 2.75) is 6.61 Å². The van der Waals surface area contributed by atoms with Crippen LogP contribution in [0.5, 0.6) is 5.88 Å². The average Bonchev–Trinajstić information content (AvgIpc) is 3.37. The molecule has 5 aromatic rings. The minimum absolute atomic E-state index is 0.429. The van der Waals surface area contributed by atoms with E-state index in [0.717, 1.165) is 33.5 Å². The molecule has 0 atom stereocenters. The standard InChI is InChI=1S/C22H18N6O/c1-27-13-19(17-8-11-23-12-9-17)22(26-27)29-14-16-4-6-18(7-5-16)28-15-25-20-3-2-10-24-21(20)28/h2-13,15H,14H2,1H3. The predicted molar refractivity (Wildman–Crippen MR) is 110 cm³/mol. The number of hydrogen-bond donors (Lipinski definition) is 0. The summed E-state index contributed by atoms with van der Waals surface area (Å²) in [4.78, 5) is 12.9. The summed E-state index contributed by atoms with van der Waals surface area (Å²) < 4.78 is 9.74. The Balaban J connectivity index is 1.35. The monoisotopic (exact) mass is 382 g/mol. The van der Waals surface area contributed by atoms with Gasteiger partial charge in [-0.25, -0.2) is 9.97 Å². The molecule has 0 aliphatic rings. The average molecular weight is 382 g/mol. The summed E-state index contributed by atoms with van der Waals surface area (Å²) in [5.74, 6) is 0.604. The number of rotatable bonds is 5. The third kappa shape index (κ3) is 3.34. The molecule has 0 amide bonds. The summed E-state index contributed by atoms with van der Waals surface area (Å²) in [6, 6.07) is 15.9. The highest BCUT2D eigenvalue weighted by atomic mass is 16.5. The molecule has 0 fully saturated rings. The molecule has 0 bridgehead atoms. The van der Waals surface area contributed by atoms with Gasteiger partial charge in [0.05, 0.1) is 5.56 Å². The van der Waals surface area contributed by atoms with E-state index in [1.807, 2.05) is 66.3 Å². The largest absolute Gasteiger partial charge is 0.471 e. The minimum Gasteiger partial charge on any atom is -0.471 e. The first kappa shape index (κ1) is 17.1. The fraction of sp³-hybridized carbons (Fsp3) is 0.0909. The van der Waals surface area contributed by atoms with Crippen molar-refractivity contribution in [2.24, 2.45) is 7.05 Å². The second-order valence-electron chi connectivity index (χ2n) is 6.67. The Bertz CT molecular complexity index is 1260. The number of aryl methyl sites for hydroxylation is 1. The lowest BCUT2D eigenvalue weighted by atomic mass is 10.1. The van der Waals surface area contributed by atoms with Crippen LogP contribution in [-0.2, 0) is 13.7 Å². The number of pyridine rings is 2. The predicted octanol–water partition coefficient (Wildman–Crippen LogP) is 3.80. The summed E-state index contributed by atoms with van der Waals surface area (Å²) >= 11 is 0. The lowest BCUT2D eigenvalue weighted by Gasteiger charge is -2.08. The number of nitrogens with zero attached hydrogens (tertiary/aromatic N) is 6. The highest BCUT2D eigenvalue weighted by molar-refractivity contribution is 5.72. The number of hydrogen-bond acceptors (Lipinski definition) is 5. The first-order valence-corrected chi connectivity index (χ1v) is 9.22. The minimum atomic E-state index is 0.429. The third-order valence-electron chi connectivity index (χ3n) is 4.68. The Hall–Kier alpha value is -4.00. The smallest absolute Gasteiger partial charge is 0.241 e. The van der Waals surface area contributed by atoms with Gasteiger partial charge in [-0.05, 0) is 47.5 Å². The molecule has 0 unspecified atom stereocenters. The zero-order valence-electron chi connectivity index (χ0n) is 15.8. The molecule has 0 radical (unpaired) electrons. The van der Waals surface area contributed by atoms with Gasteiger partial charge in [0.15, 0.2) is 5.65 Å². The van der Waals surface area contributed by atoms with Gasteiger partial charge in [-0.15, -0.1) is 5.10 Å². The third-order valence-corrected chi connectivity index (χ3v) is 4.68. The molecule has 4 aromatic heterocycles. The van der Waals surface area contributed by atoms with Gasteiger partial charge in [-0.1, -0.05) is 12.1 Å². The zero-order valence-corrected chi connectivity index (χ0v) is 15.8. The van der Waals surface area contributed by atoms with Crippen LogP contribution in [0.15, 0.2) is 79.6 Å². The first-order valence-electron chi connectivity index (χ1n) is 9.22. The Kier molecular flexibility index (Phi) is 4.25. The molecule has 0 saturated carbocycles.